The van der Waals surface area contributed by atoms with Crippen LogP contribution < -0.4 is 16.2 Å². The number of aromatic amines is 3. The van der Waals surface area contributed by atoms with Gasteiger partial charge in [0.05, 0.1) is 16.6 Å². The van der Waals surface area contributed by atoms with Crippen LogP contribution in [-0.2, 0) is 19.5 Å². The molecule has 0 spiro atoms. The van der Waals surface area contributed by atoms with Crippen molar-refractivity contribution >= 4 is 34.2 Å². The highest BCUT2D eigenvalue weighted by Gasteiger charge is 2.23. The summed E-state index contributed by atoms with van der Waals surface area (Å²) in [5.74, 6) is 1.94. The molecule has 176 valence electrons. The molecule has 5 aromatic rings. The van der Waals surface area contributed by atoms with Gasteiger partial charge in [-0.2, -0.15) is 10.1 Å². The van der Waals surface area contributed by atoms with Crippen molar-refractivity contribution < 1.29 is 0 Å². The van der Waals surface area contributed by atoms with Crippen molar-refractivity contribution in [3.63, 3.8) is 0 Å². The lowest BCUT2D eigenvalue weighted by atomic mass is 10.0. The van der Waals surface area contributed by atoms with Gasteiger partial charge in [-0.3, -0.25) is 25.0 Å². The zero-order valence-electron chi connectivity index (χ0n) is 19.2. The van der Waals surface area contributed by atoms with Crippen molar-refractivity contribution in [2.75, 3.05) is 17.2 Å². The zero-order chi connectivity index (χ0) is 23.8. The first-order valence-electron chi connectivity index (χ1n) is 11.5. The van der Waals surface area contributed by atoms with Gasteiger partial charge in [0.2, 0.25) is 5.95 Å². The van der Waals surface area contributed by atoms with E-state index in [-0.39, 0.29) is 5.56 Å². The molecular weight excluding hydrogens is 442 g/mol. The van der Waals surface area contributed by atoms with E-state index >= 15 is 0 Å². The molecule has 0 bridgehead atoms. The SMILES string of the molecule is Cc1cc(Nc2nc(Nc3ccc4c(=O)[nH][nH]c4c3)nc3c2CN(Cc2ccccc2)CC3)n[nH]1. The lowest BCUT2D eigenvalue weighted by molar-refractivity contribution is 0.243. The van der Waals surface area contributed by atoms with Gasteiger partial charge in [-0.1, -0.05) is 30.3 Å². The second-order valence-electron chi connectivity index (χ2n) is 8.79. The van der Waals surface area contributed by atoms with Crippen LogP contribution in [0.25, 0.3) is 10.9 Å². The average Bonchev–Trinajstić information content (AvgIpc) is 3.44. The molecule has 0 radical (unpaired) electrons. The van der Waals surface area contributed by atoms with Gasteiger partial charge < -0.3 is 10.6 Å². The standard InChI is InChI=1S/C25H25N9O/c1-15-11-22(32-30-15)28-23-19-14-34(13-16-5-3-2-4-6-16)10-9-20(19)27-25(29-23)26-17-7-8-18-21(12-17)31-33-24(18)35/h2-8,11-12H,9-10,13-14H2,1H3,(H2,31,33,35)(H3,26,27,28,29,30,32). The summed E-state index contributed by atoms with van der Waals surface area (Å²) < 4.78 is 0. The summed E-state index contributed by atoms with van der Waals surface area (Å²) in [5, 5.41) is 20.1. The first-order chi connectivity index (χ1) is 17.1. The third-order valence-electron chi connectivity index (χ3n) is 6.17. The zero-order valence-corrected chi connectivity index (χ0v) is 19.2. The van der Waals surface area contributed by atoms with Gasteiger partial charge in [-0.05, 0) is 30.7 Å². The Morgan fingerprint density at radius 2 is 1.91 bits per heavy atom. The van der Waals surface area contributed by atoms with E-state index in [2.05, 4.69) is 60.2 Å². The van der Waals surface area contributed by atoms with Gasteiger partial charge in [0.1, 0.15) is 5.82 Å². The second-order valence-corrected chi connectivity index (χ2v) is 8.79. The Morgan fingerprint density at radius 1 is 1.03 bits per heavy atom. The van der Waals surface area contributed by atoms with E-state index in [4.69, 9.17) is 9.97 Å². The van der Waals surface area contributed by atoms with Gasteiger partial charge in [-0.25, -0.2) is 4.98 Å². The Labute approximate surface area is 200 Å². The molecule has 10 heteroatoms. The Balaban J connectivity index is 1.32. The van der Waals surface area contributed by atoms with Crippen molar-refractivity contribution in [3.8, 4) is 0 Å². The molecule has 5 N–H and O–H groups in total. The van der Waals surface area contributed by atoms with E-state index in [1.54, 1.807) is 6.07 Å². The van der Waals surface area contributed by atoms with E-state index in [0.29, 0.717) is 17.2 Å². The van der Waals surface area contributed by atoms with Crippen molar-refractivity contribution in [1.82, 2.24) is 35.3 Å². The Morgan fingerprint density at radius 3 is 2.74 bits per heavy atom. The highest BCUT2D eigenvalue weighted by atomic mass is 16.1. The Kier molecular flexibility index (Phi) is 5.27. The summed E-state index contributed by atoms with van der Waals surface area (Å²) in [6.07, 6.45) is 0.817. The lowest BCUT2D eigenvalue weighted by Crippen LogP contribution is -2.31. The molecule has 0 saturated carbocycles. The van der Waals surface area contributed by atoms with Crippen LogP contribution in [0, 0.1) is 6.92 Å². The van der Waals surface area contributed by atoms with Crippen LogP contribution in [0.3, 0.4) is 0 Å². The van der Waals surface area contributed by atoms with Crippen LogP contribution in [0.15, 0.2) is 59.4 Å². The summed E-state index contributed by atoms with van der Waals surface area (Å²) in [7, 11) is 0. The number of H-pyrrole nitrogens is 3. The van der Waals surface area contributed by atoms with Gasteiger partial charge in [-0.15, -0.1) is 0 Å². The number of benzene rings is 2. The van der Waals surface area contributed by atoms with Gasteiger partial charge in [0.25, 0.3) is 5.56 Å². The van der Waals surface area contributed by atoms with E-state index in [1.165, 1.54) is 5.56 Å². The minimum atomic E-state index is -0.141. The molecule has 0 unspecified atom stereocenters. The Hall–Kier alpha value is -4.44. The van der Waals surface area contributed by atoms with E-state index in [1.807, 2.05) is 31.2 Å². The van der Waals surface area contributed by atoms with Crippen molar-refractivity contribution in [1.29, 1.82) is 0 Å². The van der Waals surface area contributed by atoms with Crippen molar-refractivity contribution in [3.05, 3.63) is 87.5 Å². The molecule has 4 heterocycles. The molecule has 2 aromatic carbocycles. The van der Waals surface area contributed by atoms with E-state index in [9.17, 15) is 4.79 Å². The molecule has 0 saturated heterocycles. The predicted octanol–water partition coefficient (Wildman–Crippen LogP) is 3.72. The number of nitrogens with one attached hydrogen (secondary N) is 5. The summed E-state index contributed by atoms with van der Waals surface area (Å²) in [5.41, 5.74) is 5.70. The van der Waals surface area contributed by atoms with Crippen LogP contribution in [0.5, 0.6) is 0 Å². The number of rotatable bonds is 6. The van der Waals surface area contributed by atoms with Crippen molar-refractivity contribution in [2.24, 2.45) is 0 Å². The maximum absolute atomic E-state index is 11.8. The van der Waals surface area contributed by atoms with Gasteiger partial charge >= 0.3 is 0 Å². The largest absolute Gasteiger partial charge is 0.324 e. The maximum atomic E-state index is 11.8. The molecule has 3 aromatic heterocycles. The van der Waals surface area contributed by atoms with Crippen LogP contribution in [0.2, 0.25) is 0 Å². The summed E-state index contributed by atoms with van der Waals surface area (Å²) >= 11 is 0. The average molecular weight is 468 g/mol. The van der Waals surface area contributed by atoms with E-state index in [0.717, 1.165) is 60.0 Å². The fraction of sp³-hybridized carbons (Fsp3) is 0.200. The van der Waals surface area contributed by atoms with Gasteiger partial charge in [0.15, 0.2) is 5.82 Å². The number of hydrogen-bond donors (Lipinski definition) is 5. The normalized spacial score (nSPS) is 13.6. The number of aryl methyl sites for hydroxylation is 1. The van der Waals surface area contributed by atoms with Crippen LogP contribution in [0.1, 0.15) is 22.5 Å². The predicted molar refractivity (Wildman–Crippen MR) is 135 cm³/mol. The molecule has 0 atom stereocenters. The fourth-order valence-electron chi connectivity index (χ4n) is 4.45. The van der Waals surface area contributed by atoms with E-state index < -0.39 is 0 Å². The van der Waals surface area contributed by atoms with Crippen molar-refractivity contribution in [2.45, 2.75) is 26.4 Å². The minimum absolute atomic E-state index is 0.141. The molecule has 35 heavy (non-hydrogen) atoms. The van der Waals surface area contributed by atoms with Gasteiger partial charge in [0, 0.05) is 49.1 Å². The second kappa shape index (κ2) is 8.73. The topological polar surface area (TPSA) is 130 Å². The van der Waals surface area contributed by atoms with Crippen LogP contribution in [-0.4, -0.2) is 41.8 Å². The lowest BCUT2D eigenvalue weighted by Gasteiger charge is -2.29. The highest BCUT2D eigenvalue weighted by molar-refractivity contribution is 5.82. The molecule has 1 aliphatic heterocycles. The van der Waals surface area contributed by atoms with Crippen LogP contribution >= 0.6 is 0 Å². The summed E-state index contributed by atoms with van der Waals surface area (Å²) in [6.45, 7) is 4.49. The smallest absolute Gasteiger partial charge is 0.271 e. The third kappa shape index (κ3) is 4.38. The number of fused-ring (bicyclic) bond motifs is 2. The first kappa shape index (κ1) is 21.1. The monoisotopic (exact) mass is 467 g/mol. The minimum Gasteiger partial charge on any atom is -0.324 e. The number of anilines is 4. The molecule has 10 nitrogen and oxygen atoms in total. The quantitative estimate of drug-likeness (QED) is 0.257. The number of aromatic nitrogens is 6. The third-order valence-corrected chi connectivity index (χ3v) is 6.17. The fourth-order valence-corrected chi connectivity index (χ4v) is 4.45. The summed E-state index contributed by atoms with van der Waals surface area (Å²) in [4.78, 5) is 23.9. The molecule has 0 aliphatic carbocycles. The molecule has 6 rings (SSSR count). The molecule has 0 fully saturated rings. The molecular formula is C25H25N9O. The first-order valence-corrected chi connectivity index (χ1v) is 11.5. The molecule has 1 aliphatic rings. The molecule has 0 amide bonds. The summed E-state index contributed by atoms with van der Waals surface area (Å²) in [6, 6.07) is 17.9. The van der Waals surface area contributed by atoms with Crippen LogP contribution in [0.4, 0.5) is 23.3 Å². The Bertz CT molecular complexity index is 1550. The highest BCUT2D eigenvalue weighted by Crippen LogP contribution is 2.29. The number of nitrogens with zero attached hydrogens (tertiary/aromatic N) is 4. The number of hydrogen-bond acceptors (Lipinski definition) is 7. The maximum Gasteiger partial charge on any atom is 0.271 e.